The zero-order valence-corrected chi connectivity index (χ0v) is 72.4. The standard InChI is InChI=1S/C88H172O17P2/c1-8-10-11-12-13-14-15-16-17-18-19-23-26-29-32-41-48-55-62-69-85(90)98-75-83(104-87(92)71-64-57-50-43-33-30-27-24-21-20-22-25-28-31-40-47-54-61-68-81(7)9-2)77-102-106(94,95)100-73-82(89)74-101-107(96,97)103-78-84(105-88(93)72-65-58-51-44-37-35-39-46-53-60-67-80(5)6)76-99-86(91)70-63-56-49-42-36-34-38-45-52-59-66-79(3)4/h79-84,89H,8-78H2,1-7H3,(H,94,95)(H,96,97)/t81?,82-,83-,84-/m1/s1. The number of hydrogen-bond acceptors (Lipinski definition) is 15. The Hall–Kier alpha value is -1.94. The van der Waals surface area contributed by atoms with E-state index in [-0.39, 0.29) is 25.7 Å². The van der Waals surface area contributed by atoms with Crippen molar-refractivity contribution in [1.29, 1.82) is 0 Å². The minimum Gasteiger partial charge on any atom is -0.462 e. The van der Waals surface area contributed by atoms with Crippen LogP contribution in [-0.2, 0) is 65.4 Å². The lowest BCUT2D eigenvalue weighted by Gasteiger charge is -2.21. The van der Waals surface area contributed by atoms with Crippen LogP contribution < -0.4 is 0 Å². The van der Waals surface area contributed by atoms with Crippen molar-refractivity contribution in [3.05, 3.63) is 0 Å². The number of carbonyl (C=O) groups is 4. The van der Waals surface area contributed by atoms with Crippen molar-refractivity contribution in [1.82, 2.24) is 0 Å². The monoisotopic (exact) mass is 1560 g/mol. The first-order valence-electron chi connectivity index (χ1n) is 45.4. The molecule has 3 N–H and O–H groups in total. The molecule has 0 radical (unpaired) electrons. The molecule has 17 nitrogen and oxygen atoms in total. The van der Waals surface area contributed by atoms with E-state index in [2.05, 4.69) is 48.5 Å². The second kappa shape index (κ2) is 78.0. The Morgan fingerprint density at radius 3 is 0.710 bits per heavy atom. The van der Waals surface area contributed by atoms with E-state index in [9.17, 15) is 43.2 Å². The summed E-state index contributed by atoms with van der Waals surface area (Å²) in [6.07, 6.45) is 69.4. The Morgan fingerprint density at radius 1 is 0.271 bits per heavy atom. The summed E-state index contributed by atoms with van der Waals surface area (Å²) < 4.78 is 69.0. The highest BCUT2D eigenvalue weighted by Crippen LogP contribution is 2.45. The van der Waals surface area contributed by atoms with E-state index in [0.717, 1.165) is 108 Å². The van der Waals surface area contributed by atoms with Gasteiger partial charge in [0.05, 0.1) is 26.4 Å². The molecular formula is C88H172O17P2. The molecule has 0 aliphatic heterocycles. The van der Waals surface area contributed by atoms with Crippen LogP contribution in [0.2, 0.25) is 0 Å². The minimum atomic E-state index is -4.97. The molecule has 107 heavy (non-hydrogen) atoms. The molecule has 0 aliphatic carbocycles. The number of phosphoric acid groups is 2. The number of unbranched alkanes of at least 4 members (excludes halogenated alkanes) is 53. The lowest BCUT2D eigenvalue weighted by Crippen LogP contribution is -2.30. The summed E-state index contributed by atoms with van der Waals surface area (Å²) >= 11 is 0. The average molecular weight is 1560 g/mol. The maximum Gasteiger partial charge on any atom is 0.472 e. The molecule has 19 heteroatoms. The predicted octanol–water partition coefficient (Wildman–Crippen LogP) is 26.9. The van der Waals surface area contributed by atoms with Crippen molar-refractivity contribution < 1.29 is 80.2 Å². The third-order valence-electron chi connectivity index (χ3n) is 21.0. The number of ether oxygens (including phenoxy) is 4. The third-order valence-corrected chi connectivity index (χ3v) is 22.9. The second-order valence-electron chi connectivity index (χ2n) is 32.8. The van der Waals surface area contributed by atoms with Crippen LogP contribution in [0.5, 0.6) is 0 Å². The predicted molar refractivity (Wildman–Crippen MR) is 441 cm³/mol. The second-order valence-corrected chi connectivity index (χ2v) is 35.7. The van der Waals surface area contributed by atoms with Gasteiger partial charge in [-0.25, -0.2) is 9.13 Å². The average Bonchev–Trinajstić information content (AvgIpc) is 0.905. The molecule has 0 saturated carbocycles. The van der Waals surface area contributed by atoms with Gasteiger partial charge in [0.1, 0.15) is 19.3 Å². The van der Waals surface area contributed by atoms with Crippen LogP contribution in [0, 0.1) is 17.8 Å². The number of esters is 4. The quantitative estimate of drug-likeness (QED) is 0.0222. The Labute approximate surface area is 658 Å². The number of hydrogen-bond donors (Lipinski definition) is 3. The van der Waals surface area contributed by atoms with E-state index >= 15 is 0 Å². The molecule has 0 fully saturated rings. The van der Waals surface area contributed by atoms with Crippen LogP contribution in [0.15, 0.2) is 0 Å². The molecule has 6 atom stereocenters. The molecule has 0 amide bonds. The number of carbonyl (C=O) groups excluding carboxylic acids is 4. The van der Waals surface area contributed by atoms with Gasteiger partial charge in [-0.1, -0.05) is 414 Å². The number of phosphoric ester groups is 2. The fourth-order valence-electron chi connectivity index (χ4n) is 13.7. The van der Waals surface area contributed by atoms with E-state index in [1.807, 2.05) is 0 Å². The number of aliphatic hydroxyl groups is 1. The molecule has 0 spiro atoms. The van der Waals surface area contributed by atoms with Crippen LogP contribution in [-0.4, -0.2) is 96.7 Å². The summed E-state index contributed by atoms with van der Waals surface area (Å²) in [7, 11) is -9.93. The normalized spacial score (nSPS) is 14.1. The van der Waals surface area contributed by atoms with E-state index in [1.165, 1.54) is 276 Å². The number of aliphatic hydroxyl groups excluding tert-OH is 1. The van der Waals surface area contributed by atoms with Crippen LogP contribution in [0.25, 0.3) is 0 Å². The smallest absolute Gasteiger partial charge is 0.462 e. The molecule has 0 aromatic carbocycles. The van der Waals surface area contributed by atoms with Gasteiger partial charge < -0.3 is 33.8 Å². The van der Waals surface area contributed by atoms with Gasteiger partial charge in [-0.05, 0) is 43.4 Å². The molecule has 0 aromatic rings. The summed E-state index contributed by atoms with van der Waals surface area (Å²) in [6.45, 7) is 12.0. The zero-order valence-electron chi connectivity index (χ0n) is 70.6. The summed E-state index contributed by atoms with van der Waals surface area (Å²) in [6, 6.07) is 0. The van der Waals surface area contributed by atoms with Crippen LogP contribution in [0.3, 0.4) is 0 Å². The van der Waals surface area contributed by atoms with Gasteiger partial charge in [0.2, 0.25) is 0 Å². The largest absolute Gasteiger partial charge is 0.472 e. The first kappa shape index (κ1) is 105. The Balaban J connectivity index is 5.24. The number of rotatable bonds is 86. The molecule has 0 saturated heterocycles. The van der Waals surface area contributed by atoms with E-state index in [1.54, 1.807) is 0 Å². The third kappa shape index (κ3) is 80.5. The highest BCUT2D eigenvalue weighted by molar-refractivity contribution is 7.47. The van der Waals surface area contributed by atoms with Crippen molar-refractivity contribution in [3.63, 3.8) is 0 Å². The molecule has 636 valence electrons. The van der Waals surface area contributed by atoms with Crippen molar-refractivity contribution in [2.75, 3.05) is 39.6 Å². The molecule has 3 unspecified atom stereocenters. The highest BCUT2D eigenvalue weighted by atomic mass is 31.2. The van der Waals surface area contributed by atoms with Gasteiger partial charge in [0, 0.05) is 25.7 Å². The van der Waals surface area contributed by atoms with Crippen LogP contribution in [0.4, 0.5) is 0 Å². The topological polar surface area (TPSA) is 237 Å². The van der Waals surface area contributed by atoms with Crippen molar-refractivity contribution in [2.45, 2.75) is 484 Å². The van der Waals surface area contributed by atoms with E-state index in [0.29, 0.717) is 25.7 Å². The summed E-state index contributed by atoms with van der Waals surface area (Å²) in [5.41, 5.74) is 0. The van der Waals surface area contributed by atoms with Crippen molar-refractivity contribution >= 4 is 39.5 Å². The van der Waals surface area contributed by atoms with Gasteiger partial charge in [-0.2, -0.15) is 0 Å². The lowest BCUT2D eigenvalue weighted by atomic mass is 9.99. The maximum atomic E-state index is 13.2. The minimum absolute atomic E-state index is 0.106. The van der Waals surface area contributed by atoms with Gasteiger partial charge >= 0.3 is 39.5 Å². The maximum absolute atomic E-state index is 13.2. The van der Waals surface area contributed by atoms with Gasteiger partial charge in [0.25, 0.3) is 0 Å². The van der Waals surface area contributed by atoms with Crippen LogP contribution in [0.1, 0.15) is 466 Å². The van der Waals surface area contributed by atoms with Gasteiger partial charge in [0.15, 0.2) is 12.2 Å². The molecule has 0 bridgehead atoms. The van der Waals surface area contributed by atoms with Crippen molar-refractivity contribution in [2.24, 2.45) is 17.8 Å². The van der Waals surface area contributed by atoms with Gasteiger partial charge in [-0.3, -0.25) is 37.3 Å². The summed E-state index contributed by atoms with van der Waals surface area (Å²) in [4.78, 5) is 73.3. The van der Waals surface area contributed by atoms with Crippen LogP contribution >= 0.6 is 15.6 Å². The highest BCUT2D eigenvalue weighted by Gasteiger charge is 2.31. The molecule has 0 aromatic heterocycles. The zero-order chi connectivity index (χ0) is 78.6. The lowest BCUT2D eigenvalue weighted by molar-refractivity contribution is -0.161. The first-order chi connectivity index (χ1) is 51.8. The Kier molecular flexibility index (Phi) is 76.6. The molecule has 0 aliphatic rings. The molecule has 0 rings (SSSR count). The van der Waals surface area contributed by atoms with Crippen molar-refractivity contribution in [3.8, 4) is 0 Å². The Bertz CT molecular complexity index is 2060. The SMILES string of the molecule is CCCCCCCCCCCCCCCCCCCCCC(=O)OC[C@H](COP(=O)(O)OC[C@@H](O)COP(=O)(O)OC[C@@H](COC(=O)CCCCCCCCCCCCC(C)C)OC(=O)CCCCCCCCCCCCC(C)C)OC(=O)CCCCCCCCCCCCCCCCCCCCC(C)CC. The fraction of sp³-hybridized carbons (Fsp3) is 0.955. The fourth-order valence-corrected chi connectivity index (χ4v) is 15.3. The van der Waals surface area contributed by atoms with E-state index in [4.69, 9.17) is 37.0 Å². The Morgan fingerprint density at radius 2 is 0.477 bits per heavy atom. The van der Waals surface area contributed by atoms with Gasteiger partial charge in [-0.15, -0.1) is 0 Å². The molecule has 0 heterocycles. The summed E-state index contributed by atoms with van der Waals surface area (Å²) in [5, 5.41) is 10.7. The first-order valence-corrected chi connectivity index (χ1v) is 48.4. The van der Waals surface area contributed by atoms with E-state index < -0.39 is 97.5 Å². The molecular weight excluding hydrogens is 1390 g/mol. The summed E-state index contributed by atoms with van der Waals surface area (Å²) in [5.74, 6) is 0.279.